The Morgan fingerprint density at radius 2 is 1.79 bits per heavy atom. The van der Waals surface area contributed by atoms with Crippen molar-refractivity contribution in [1.82, 2.24) is 0 Å². The maximum atomic E-state index is 12.8. The van der Waals surface area contributed by atoms with Crippen LogP contribution in [0.4, 0.5) is 13.2 Å². The lowest BCUT2D eigenvalue weighted by Gasteiger charge is -2.10. The molecule has 0 amide bonds. The number of carbonyl (C=O) groups is 1. The zero-order chi connectivity index (χ0) is 21.4. The quantitative estimate of drug-likeness (QED) is 0.516. The van der Waals surface area contributed by atoms with Crippen LogP contribution >= 0.6 is 0 Å². The molecule has 0 saturated carbocycles. The Bertz CT molecular complexity index is 924. The number of hydrogen-bond donors (Lipinski definition) is 1. The van der Waals surface area contributed by atoms with E-state index in [4.69, 9.17) is 9.68 Å². The number of oxime groups is 2. The molecule has 6 nitrogen and oxygen atoms in total. The minimum atomic E-state index is -4.46. The number of benzene rings is 2. The minimum Gasteiger partial charge on any atom is -0.476 e. The average Bonchev–Trinajstić information content (AvgIpc) is 2.68. The predicted molar refractivity (Wildman–Crippen MR) is 101 cm³/mol. The molecule has 0 fully saturated rings. The number of hydrogen-bond acceptors (Lipinski definition) is 5. The van der Waals surface area contributed by atoms with E-state index in [0.29, 0.717) is 11.1 Å². The largest absolute Gasteiger partial charge is 0.476 e. The van der Waals surface area contributed by atoms with Gasteiger partial charge in [-0.1, -0.05) is 46.7 Å². The molecule has 0 atom stereocenters. The molecular formula is C20H19F3N2O4. The zero-order valence-electron chi connectivity index (χ0n) is 15.7. The van der Waals surface area contributed by atoms with E-state index in [2.05, 4.69) is 10.3 Å². The molecular weight excluding hydrogens is 389 g/mol. The molecule has 154 valence electrons. The summed E-state index contributed by atoms with van der Waals surface area (Å²) in [6, 6.07) is 11.2. The Kier molecular flexibility index (Phi) is 7.35. The van der Waals surface area contributed by atoms with Gasteiger partial charge in [0.15, 0.2) is 5.71 Å². The Hall–Kier alpha value is -3.36. The summed E-state index contributed by atoms with van der Waals surface area (Å²) in [6.45, 7) is 3.28. The second-order valence-electron chi connectivity index (χ2n) is 5.85. The van der Waals surface area contributed by atoms with Crippen LogP contribution in [0.2, 0.25) is 0 Å². The van der Waals surface area contributed by atoms with E-state index in [0.717, 1.165) is 12.1 Å². The fourth-order valence-electron chi connectivity index (χ4n) is 2.38. The van der Waals surface area contributed by atoms with E-state index in [1.807, 2.05) is 0 Å². The smallest absolute Gasteiger partial charge is 0.416 e. The molecule has 0 aromatic heterocycles. The molecule has 0 saturated heterocycles. The molecule has 0 unspecified atom stereocenters. The predicted octanol–water partition coefficient (Wildman–Crippen LogP) is 4.47. The van der Waals surface area contributed by atoms with Gasteiger partial charge < -0.3 is 14.8 Å². The highest BCUT2D eigenvalue weighted by Gasteiger charge is 2.30. The maximum Gasteiger partial charge on any atom is 0.416 e. The van der Waals surface area contributed by atoms with Crippen molar-refractivity contribution < 1.29 is 32.7 Å². The van der Waals surface area contributed by atoms with E-state index < -0.39 is 17.7 Å². The van der Waals surface area contributed by atoms with Crippen molar-refractivity contribution >= 4 is 17.4 Å². The first-order valence-electron chi connectivity index (χ1n) is 8.59. The van der Waals surface area contributed by atoms with E-state index >= 15 is 0 Å². The van der Waals surface area contributed by atoms with Crippen LogP contribution in [0.25, 0.3) is 0 Å². The van der Waals surface area contributed by atoms with Crippen LogP contribution in [-0.2, 0) is 27.3 Å². The Morgan fingerprint density at radius 3 is 2.45 bits per heavy atom. The number of halogens is 3. The first-order chi connectivity index (χ1) is 13.7. The summed E-state index contributed by atoms with van der Waals surface area (Å²) in [5.74, 6) is -1.27. The van der Waals surface area contributed by atoms with Gasteiger partial charge in [-0.3, -0.25) is 0 Å². The highest BCUT2D eigenvalue weighted by molar-refractivity contribution is 6.42. The first kappa shape index (κ1) is 21.9. The summed E-state index contributed by atoms with van der Waals surface area (Å²) in [5.41, 5.74) is 0.208. The topological polar surface area (TPSA) is 80.5 Å². The monoisotopic (exact) mass is 408 g/mol. The van der Waals surface area contributed by atoms with Crippen molar-refractivity contribution in [2.75, 3.05) is 6.61 Å². The SMILES string of the molecule is CCON=C(C(=O)O)c1ccccc1CO/N=C(\C)c1cccc(C(F)(F)F)c1. The summed E-state index contributed by atoms with van der Waals surface area (Å²) in [7, 11) is 0. The molecule has 2 aromatic carbocycles. The molecule has 0 spiro atoms. The van der Waals surface area contributed by atoms with Crippen LogP contribution in [0.1, 0.15) is 36.1 Å². The number of aliphatic carboxylic acids is 1. The highest BCUT2D eigenvalue weighted by Crippen LogP contribution is 2.29. The number of nitrogens with zero attached hydrogens (tertiary/aromatic N) is 2. The number of alkyl halides is 3. The van der Waals surface area contributed by atoms with Gasteiger partial charge in [-0.15, -0.1) is 0 Å². The fourth-order valence-corrected chi connectivity index (χ4v) is 2.38. The normalized spacial score (nSPS) is 12.6. The van der Waals surface area contributed by atoms with Crippen molar-refractivity contribution in [2.24, 2.45) is 10.3 Å². The van der Waals surface area contributed by atoms with Crippen molar-refractivity contribution in [1.29, 1.82) is 0 Å². The van der Waals surface area contributed by atoms with Crippen LogP contribution in [0.3, 0.4) is 0 Å². The lowest BCUT2D eigenvalue weighted by Crippen LogP contribution is -2.17. The third-order valence-corrected chi connectivity index (χ3v) is 3.79. The van der Waals surface area contributed by atoms with Gasteiger partial charge in [0, 0.05) is 11.1 Å². The second kappa shape index (κ2) is 9.72. The Labute approximate surface area is 165 Å². The van der Waals surface area contributed by atoms with Gasteiger partial charge >= 0.3 is 12.1 Å². The van der Waals surface area contributed by atoms with Crippen LogP contribution in [0, 0.1) is 0 Å². The molecule has 2 aromatic rings. The molecule has 0 aliphatic heterocycles. The van der Waals surface area contributed by atoms with Crippen LogP contribution in [0.5, 0.6) is 0 Å². The molecule has 0 aliphatic rings. The lowest BCUT2D eigenvalue weighted by molar-refractivity contribution is -0.137. The Balaban J connectivity index is 2.20. The number of carboxylic acids is 1. The summed E-state index contributed by atoms with van der Waals surface area (Å²) in [4.78, 5) is 21.6. The van der Waals surface area contributed by atoms with E-state index in [1.165, 1.54) is 19.1 Å². The van der Waals surface area contributed by atoms with Crippen molar-refractivity contribution in [3.05, 3.63) is 70.8 Å². The van der Waals surface area contributed by atoms with Gasteiger partial charge in [0.05, 0.1) is 11.3 Å². The Morgan fingerprint density at radius 1 is 1.07 bits per heavy atom. The van der Waals surface area contributed by atoms with Crippen LogP contribution in [0.15, 0.2) is 58.8 Å². The molecule has 29 heavy (non-hydrogen) atoms. The van der Waals surface area contributed by atoms with Gasteiger partial charge in [0.1, 0.15) is 13.2 Å². The zero-order valence-corrected chi connectivity index (χ0v) is 15.7. The first-order valence-corrected chi connectivity index (χ1v) is 8.59. The van der Waals surface area contributed by atoms with E-state index in [9.17, 15) is 23.1 Å². The third-order valence-electron chi connectivity index (χ3n) is 3.79. The van der Waals surface area contributed by atoms with Gasteiger partial charge in [-0.05, 0) is 31.5 Å². The molecule has 2 rings (SSSR count). The van der Waals surface area contributed by atoms with Gasteiger partial charge in [0.2, 0.25) is 0 Å². The van der Waals surface area contributed by atoms with E-state index in [1.54, 1.807) is 31.2 Å². The molecule has 1 N–H and O–H groups in total. The third kappa shape index (κ3) is 6.06. The molecule has 0 radical (unpaired) electrons. The van der Waals surface area contributed by atoms with Crippen molar-refractivity contribution in [2.45, 2.75) is 26.6 Å². The van der Waals surface area contributed by atoms with Crippen molar-refractivity contribution in [3.8, 4) is 0 Å². The summed E-state index contributed by atoms with van der Waals surface area (Å²) < 4.78 is 38.5. The number of carboxylic acid groups (broad SMARTS) is 1. The molecule has 9 heteroatoms. The average molecular weight is 408 g/mol. The molecule has 0 bridgehead atoms. The van der Waals surface area contributed by atoms with Gasteiger partial charge in [0.25, 0.3) is 0 Å². The van der Waals surface area contributed by atoms with Gasteiger partial charge in [-0.2, -0.15) is 13.2 Å². The highest BCUT2D eigenvalue weighted by atomic mass is 19.4. The van der Waals surface area contributed by atoms with Crippen LogP contribution < -0.4 is 0 Å². The maximum absolute atomic E-state index is 12.8. The van der Waals surface area contributed by atoms with E-state index in [-0.39, 0.29) is 30.2 Å². The van der Waals surface area contributed by atoms with Crippen LogP contribution in [-0.4, -0.2) is 29.1 Å². The second-order valence-corrected chi connectivity index (χ2v) is 5.85. The summed E-state index contributed by atoms with van der Waals surface area (Å²) in [6.07, 6.45) is -4.46. The molecule has 0 heterocycles. The standard InChI is InChI=1S/C20H19F3N2O4/c1-3-28-25-18(19(26)27)17-10-5-4-7-15(17)12-29-24-13(2)14-8-6-9-16(11-14)20(21,22)23/h4-11H,3,12H2,1-2H3,(H,26,27)/b24-13+,25-18?. The number of rotatable bonds is 8. The minimum absolute atomic E-state index is 0.106. The molecule has 0 aliphatic carbocycles. The lowest BCUT2D eigenvalue weighted by atomic mass is 10.0. The van der Waals surface area contributed by atoms with Gasteiger partial charge in [-0.25, -0.2) is 4.79 Å². The summed E-state index contributed by atoms with van der Waals surface area (Å²) in [5, 5.41) is 16.8. The van der Waals surface area contributed by atoms with Crippen molar-refractivity contribution in [3.63, 3.8) is 0 Å². The fraction of sp³-hybridized carbons (Fsp3) is 0.250. The summed E-state index contributed by atoms with van der Waals surface area (Å²) >= 11 is 0.